The molecule has 1 aliphatic carbocycles. The summed E-state index contributed by atoms with van der Waals surface area (Å²) < 4.78 is 55.6. The fourth-order valence-electron chi connectivity index (χ4n) is 3.88. The monoisotopic (exact) mass is 423 g/mol. The van der Waals surface area contributed by atoms with Crippen molar-refractivity contribution in [1.29, 1.82) is 0 Å². The zero-order valence-electron chi connectivity index (χ0n) is 15.8. The Morgan fingerprint density at radius 3 is 2.45 bits per heavy atom. The third kappa shape index (κ3) is 3.99. The summed E-state index contributed by atoms with van der Waals surface area (Å²) in [4.78, 5) is 5.90. The number of hydrogen-bond acceptors (Lipinski definition) is 5. The Balaban J connectivity index is 1.52. The van der Waals surface area contributed by atoms with E-state index in [0.717, 1.165) is 12.0 Å². The number of anilines is 1. The second-order valence-corrected chi connectivity index (χ2v) is 9.40. The summed E-state index contributed by atoms with van der Waals surface area (Å²) in [7, 11) is -3.84. The highest BCUT2D eigenvalue weighted by atomic mass is 32.2. The molecule has 2 N–H and O–H groups in total. The molecule has 29 heavy (non-hydrogen) atoms. The molecule has 1 saturated heterocycles. The number of aliphatic hydroxyl groups is 1. The van der Waals surface area contributed by atoms with Crippen molar-refractivity contribution in [2.45, 2.75) is 48.4 Å². The van der Waals surface area contributed by atoms with E-state index < -0.39 is 27.8 Å². The summed E-state index contributed by atoms with van der Waals surface area (Å²) in [6.45, 7) is 0.471. The molecular weight excluding hydrogens is 400 g/mol. The molecular formula is C20H23F2N3O3S. The molecule has 0 spiro atoms. The largest absolute Gasteiger partial charge is 0.390 e. The number of piperidine rings is 1. The molecule has 6 nitrogen and oxygen atoms in total. The van der Waals surface area contributed by atoms with E-state index in [1.165, 1.54) is 24.4 Å². The third-order valence-electron chi connectivity index (χ3n) is 5.80. The molecule has 156 valence electrons. The molecule has 0 radical (unpaired) electrons. The number of rotatable bonds is 5. The molecule has 2 heterocycles. The number of nitrogens with one attached hydrogen (secondary N) is 1. The third-order valence-corrected chi connectivity index (χ3v) is 7.32. The van der Waals surface area contributed by atoms with Gasteiger partial charge < -0.3 is 10.0 Å². The van der Waals surface area contributed by atoms with Crippen LogP contribution < -0.4 is 9.62 Å². The van der Waals surface area contributed by atoms with Crippen molar-refractivity contribution in [2.75, 3.05) is 18.0 Å². The van der Waals surface area contributed by atoms with Gasteiger partial charge in [0.1, 0.15) is 22.7 Å². The molecule has 9 heteroatoms. The molecule has 4 rings (SSSR count). The number of hydrogen-bond donors (Lipinski definition) is 2. The van der Waals surface area contributed by atoms with Crippen LogP contribution in [-0.4, -0.2) is 43.9 Å². The predicted octanol–water partition coefficient (Wildman–Crippen LogP) is 2.49. The van der Waals surface area contributed by atoms with Gasteiger partial charge in [-0.2, -0.15) is 0 Å². The first-order valence-corrected chi connectivity index (χ1v) is 11.1. The van der Waals surface area contributed by atoms with Crippen molar-refractivity contribution in [2.24, 2.45) is 0 Å². The van der Waals surface area contributed by atoms with Crippen molar-refractivity contribution in [3.63, 3.8) is 0 Å². The van der Waals surface area contributed by atoms with Crippen molar-refractivity contribution in [3.8, 4) is 0 Å². The van der Waals surface area contributed by atoms with Gasteiger partial charge in [0.15, 0.2) is 0 Å². The van der Waals surface area contributed by atoms with Crippen LogP contribution in [0.25, 0.3) is 0 Å². The number of aromatic nitrogens is 1. The number of halogens is 2. The van der Waals surface area contributed by atoms with E-state index in [1.807, 2.05) is 0 Å². The number of pyridine rings is 1. The molecule has 1 aromatic carbocycles. The molecule has 0 bridgehead atoms. The fraction of sp³-hybridized carbons (Fsp3) is 0.450. The van der Waals surface area contributed by atoms with E-state index in [1.54, 1.807) is 23.1 Å². The molecule has 2 fully saturated rings. The summed E-state index contributed by atoms with van der Waals surface area (Å²) in [5.41, 5.74) is -0.00508. The van der Waals surface area contributed by atoms with E-state index in [9.17, 15) is 22.3 Å². The Morgan fingerprint density at radius 1 is 1.17 bits per heavy atom. The SMILES string of the molecule is O=S(=O)(NC1(c2ccc(F)cc2)CCC1)c1ccc(N2CCC(O)C(F)C2)nc1. The van der Waals surface area contributed by atoms with Gasteiger partial charge in [0.2, 0.25) is 10.0 Å². The molecule has 0 amide bonds. The lowest BCUT2D eigenvalue weighted by molar-refractivity contribution is 0.0614. The van der Waals surface area contributed by atoms with Crippen LogP contribution in [0.15, 0.2) is 47.5 Å². The maximum atomic E-state index is 13.7. The minimum absolute atomic E-state index is 0.0171. The van der Waals surface area contributed by atoms with Crippen LogP contribution in [0.3, 0.4) is 0 Å². The lowest BCUT2D eigenvalue weighted by Crippen LogP contribution is -2.50. The highest BCUT2D eigenvalue weighted by molar-refractivity contribution is 7.89. The summed E-state index contributed by atoms with van der Waals surface area (Å²) in [5.74, 6) is 0.0991. The zero-order valence-corrected chi connectivity index (χ0v) is 16.6. The van der Waals surface area contributed by atoms with E-state index in [4.69, 9.17) is 0 Å². The standard InChI is InChI=1S/C20H23F2N3O3S/c21-15-4-2-14(3-5-15)20(9-1-10-20)24-29(27,28)16-6-7-19(23-12-16)25-11-8-18(26)17(22)13-25/h2-7,12,17-18,24,26H,1,8-11,13H2. The topological polar surface area (TPSA) is 82.5 Å². The van der Waals surface area contributed by atoms with Crippen LogP contribution in [-0.2, 0) is 15.6 Å². The Kier molecular flexibility index (Phi) is 5.30. The second kappa shape index (κ2) is 7.62. The number of alkyl halides is 1. The average molecular weight is 423 g/mol. The van der Waals surface area contributed by atoms with Crippen LogP contribution >= 0.6 is 0 Å². The summed E-state index contributed by atoms with van der Waals surface area (Å²) in [6, 6.07) is 8.86. The quantitative estimate of drug-likeness (QED) is 0.772. The van der Waals surface area contributed by atoms with Crippen molar-refractivity contribution in [3.05, 3.63) is 54.0 Å². The Morgan fingerprint density at radius 2 is 1.90 bits per heavy atom. The first-order chi connectivity index (χ1) is 13.8. The predicted molar refractivity (Wildman–Crippen MR) is 104 cm³/mol. The number of benzene rings is 1. The maximum Gasteiger partial charge on any atom is 0.242 e. The molecule has 2 aromatic rings. The van der Waals surface area contributed by atoms with Crippen LogP contribution in [0.4, 0.5) is 14.6 Å². The van der Waals surface area contributed by atoms with Crippen LogP contribution in [0, 0.1) is 5.82 Å². The maximum absolute atomic E-state index is 13.7. The van der Waals surface area contributed by atoms with Gasteiger partial charge in [0.05, 0.1) is 18.2 Å². The van der Waals surface area contributed by atoms with Gasteiger partial charge in [-0.25, -0.2) is 26.9 Å². The minimum atomic E-state index is -3.84. The second-order valence-electron chi connectivity index (χ2n) is 7.72. The number of nitrogens with zero attached hydrogens (tertiary/aromatic N) is 2. The van der Waals surface area contributed by atoms with Gasteiger partial charge in [0, 0.05) is 12.7 Å². The summed E-state index contributed by atoms with van der Waals surface area (Å²) >= 11 is 0. The fourth-order valence-corrected chi connectivity index (χ4v) is 5.28. The summed E-state index contributed by atoms with van der Waals surface area (Å²) in [5, 5.41) is 9.51. The molecule has 1 aromatic heterocycles. The van der Waals surface area contributed by atoms with Crippen molar-refractivity contribution in [1.82, 2.24) is 9.71 Å². The van der Waals surface area contributed by atoms with Crippen molar-refractivity contribution >= 4 is 15.8 Å². The van der Waals surface area contributed by atoms with Gasteiger partial charge in [-0.05, 0) is 55.5 Å². The Labute approximate surface area is 168 Å². The minimum Gasteiger partial charge on any atom is -0.390 e. The summed E-state index contributed by atoms with van der Waals surface area (Å²) in [6.07, 6.45) is 1.37. The van der Waals surface area contributed by atoms with E-state index in [-0.39, 0.29) is 17.3 Å². The first kappa shape index (κ1) is 20.2. The highest BCUT2D eigenvalue weighted by Gasteiger charge is 2.42. The number of sulfonamides is 1. The van der Waals surface area contributed by atoms with Crippen LogP contribution in [0.1, 0.15) is 31.2 Å². The van der Waals surface area contributed by atoms with Gasteiger partial charge in [-0.15, -0.1) is 0 Å². The first-order valence-electron chi connectivity index (χ1n) is 9.62. The average Bonchev–Trinajstić information content (AvgIpc) is 2.68. The molecule has 1 aliphatic heterocycles. The van der Waals surface area contributed by atoms with Crippen molar-refractivity contribution < 1.29 is 22.3 Å². The van der Waals surface area contributed by atoms with Crippen LogP contribution in [0.5, 0.6) is 0 Å². The van der Waals surface area contributed by atoms with Gasteiger partial charge in [-0.1, -0.05) is 12.1 Å². The lowest BCUT2D eigenvalue weighted by Gasteiger charge is -2.42. The molecule has 1 saturated carbocycles. The number of aliphatic hydroxyl groups excluding tert-OH is 1. The Hall–Kier alpha value is -2.10. The van der Waals surface area contributed by atoms with Gasteiger partial charge in [-0.3, -0.25) is 0 Å². The molecule has 2 aliphatic rings. The molecule has 2 unspecified atom stereocenters. The van der Waals surface area contributed by atoms with Gasteiger partial charge >= 0.3 is 0 Å². The van der Waals surface area contributed by atoms with E-state index >= 15 is 0 Å². The normalized spacial score (nSPS) is 24.2. The molecule has 2 atom stereocenters. The van der Waals surface area contributed by atoms with E-state index in [2.05, 4.69) is 9.71 Å². The van der Waals surface area contributed by atoms with Crippen LogP contribution in [0.2, 0.25) is 0 Å². The lowest BCUT2D eigenvalue weighted by atomic mass is 9.73. The highest BCUT2D eigenvalue weighted by Crippen LogP contribution is 2.42. The van der Waals surface area contributed by atoms with Gasteiger partial charge in [0.25, 0.3) is 0 Å². The smallest absolute Gasteiger partial charge is 0.242 e. The van der Waals surface area contributed by atoms with E-state index in [0.29, 0.717) is 31.6 Å². The Bertz CT molecular complexity index is 963. The zero-order chi connectivity index (χ0) is 20.6.